The van der Waals surface area contributed by atoms with Gasteiger partial charge < -0.3 is 24.3 Å². The van der Waals surface area contributed by atoms with Crippen LogP contribution in [0.15, 0.2) is 48.8 Å². The fraction of sp³-hybridized carbons (Fsp3) is 0.393. The van der Waals surface area contributed by atoms with Crippen molar-refractivity contribution in [2.45, 2.75) is 45.9 Å². The van der Waals surface area contributed by atoms with E-state index in [9.17, 15) is 9.59 Å². The van der Waals surface area contributed by atoms with Crippen LogP contribution in [0.1, 0.15) is 51.8 Å². The van der Waals surface area contributed by atoms with E-state index in [1.165, 1.54) is 5.56 Å². The predicted octanol–water partition coefficient (Wildman–Crippen LogP) is 4.27. The molecule has 1 saturated heterocycles. The number of carbonyl (C=O) groups is 2. The summed E-state index contributed by atoms with van der Waals surface area (Å²) < 4.78 is 13.3. The summed E-state index contributed by atoms with van der Waals surface area (Å²) in [4.78, 5) is 32.3. The molecule has 2 aliphatic heterocycles. The van der Waals surface area contributed by atoms with Gasteiger partial charge in [0.25, 0.3) is 5.91 Å². The number of anilines is 1. The number of methoxy groups -OCH3 is 1. The second-order valence-electron chi connectivity index (χ2n) is 9.62. The maximum atomic E-state index is 13.3. The number of nitrogens with zero attached hydrogens (tertiary/aromatic N) is 3. The highest BCUT2D eigenvalue weighted by Gasteiger charge is 2.32. The van der Waals surface area contributed by atoms with Crippen LogP contribution in [0.5, 0.6) is 5.75 Å². The van der Waals surface area contributed by atoms with Gasteiger partial charge in [0.15, 0.2) is 5.69 Å². The zero-order valence-corrected chi connectivity index (χ0v) is 21.0. The first kappa shape index (κ1) is 24.1. The molecule has 188 valence electrons. The standard InChI is InChI=1S/C28H32N4O4/c1-18-4-7-22(14-19(18)2)30-27(33)21-10-12-31(13-11-21)28(34)26-24-16-36-25(15-32(24)17-29-26)20-5-8-23(35-3)9-6-20/h4-9,14,17,21,25H,10-13,15-16H2,1-3H3,(H,30,33). The smallest absolute Gasteiger partial charge is 0.274 e. The van der Waals surface area contributed by atoms with Gasteiger partial charge in [0, 0.05) is 24.7 Å². The van der Waals surface area contributed by atoms with E-state index in [0.29, 0.717) is 44.8 Å². The average molecular weight is 489 g/mol. The Morgan fingerprint density at radius 3 is 2.50 bits per heavy atom. The van der Waals surface area contributed by atoms with Crippen LogP contribution in [0.2, 0.25) is 0 Å². The number of amides is 2. The third kappa shape index (κ3) is 4.86. The predicted molar refractivity (Wildman–Crippen MR) is 136 cm³/mol. The molecule has 2 aliphatic rings. The summed E-state index contributed by atoms with van der Waals surface area (Å²) in [7, 11) is 1.64. The monoisotopic (exact) mass is 488 g/mol. The minimum Gasteiger partial charge on any atom is -0.497 e. The lowest BCUT2D eigenvalue weighted by Gasteiger charge is -2.31. The average Bonchev–Trinajstić information content (AvgIpc) is 3.34. The molecule has 3 heterocycles. The molecule has 0 spiro atoms. The Hall–Kier alpha value is -3.65. The number of nitrogens with one attached hydrogen (secondary N) is 1. The van der Waals surface area contributed by atoms with Crippen molar-refractivity contribution in [3.05, 3.63) is 76.9 Å². The Kier molecular flexibility index (Phi) is 6.78. The summed E-state index contributed by atoms with van der Waals surface area (Å²) >= 11 is 0. The Balaban J connectivity index is 1.18. The molecule has 2 amide bonds. The van der Waals surface area contributed by atoms with Gasteiger partial charge in [-0.3, -0.25) is 9.59 Å². The van der Waals surface area contributed by atoms with Crippen molar-refractivity contribution in [3.8, 4) is 5.75 Å². The van der Waals surface area contributed by atoms with Gasteiger partial charge in [-0.15, -0.1) is 0 Å². The van der Waals surface area contributed by atoms with Crippen LogP contribution in [-0.4, -0.2) is 46.5 Å². The maximum absolute atomic E-state index is 13.3. The Labute approximate surface area is 211 Å². The number of carbonyl (C=O) groups excluding carboxylic acids is 2. The van der Waals surface area contributed by atoms with Gasteiger partial charge >= 0.3 is 0 Å². The van der Waals surface area contributed by atoms with E-state index >= 15 is 0 Å². The molecule has 0 bridgehead atoms. The third-order valence-electron chi connectivity index (χ3n) is 7.35. The second-order valence-corrected chi connectivity index (χ2v) is 9.62. The summed E-state index contributed by atoms with van der Waals surface area (Å²) in [6.07, 6.45) is 2.89. The molecule has 2 aromatic carbocycles. The molecule has 1 N–H and O–H groups in total. The number of rotatable bonds is 5. The largest absolute Gasteiger partial charge is 0.497 e. The molecule has 0 saturated carbocycles. The highest BCUT2D eigenvalue weighted by atomic mass is 16.5. The molecule has 1 fully saturated rings. The zero-order chi connectivity index (χ0) is 25.2. The molecule has 0 radical (unpaired) electrons. The van der Waals surface area contributed by atoms with E-state index in [4.69, 9.17) is 9.47 Å². The van der Waals surface area contributed by atoms with Crippen LogP contribution in [-0.2, 0) is 22.7 Å². The molecular weight excluding hydrogens is 456 g/mol. The van der Waals surface area contributed by atoms with Gasteiger partial charge in [0.2, 0.25) is 5.91 Å². The SMILES string of the molecule is COc1ccc(C2Cn3cnc(C(=O)N4CCC(C(=O)Nc5ccc(C)c(C)c5)CC4)c3CO2)cc1. The van der Waals surface area contributed by atoms with Crippen LogP contribution in [0.4, 0.5) is 5.69 Å². The number of imidazole rings is 1. The number of aryl methyl sites for hydroxylation is 2. The molecular formula is C28H32N4O4. The maximum Gasteiger partial charge on any atom is 0.274 e. The molecule has 3 aromatic rings. The van der Waals surface area contributed by atoms with Crippen LogP contribution in [0.3, 0.4) is 0 Å². The number of ether oxygens (including phenoxy) is 2. The number of fused-ring (bicyclic) bond motifs is 1. The van der Waals surface area contributed by atoms with Crippen LogP contribution >= 0.6 is 0 Å². The normalized spacial score (nSPS) is 18.0. The second kappa shape index (κ2) is 10.1. The first-order chi connectivity index (χ1) is 17.4. The van der Waals surface area contributed by atoms with Gasteiger partial charge in [-0.25, -0.2) is 4.98 Å². The van der Waals surface area contributed by atoms with E-state index < -0.39 is 0 Å². The minimum atomic E-state index is -0.111. The minimum absolute atomic E-state index is 0.0164. The lowest BCUT2D eigenvalue weighted by molar-refractivity contribution is -0.121. The summed E-state index contributed by atoms with van der Waals surface area (Å²) in [6.45, 7) is 6.08. The summed E-state index contributed by atoms with van der Waals surface area (Å²) in [6, 6.07) is 13.8. The van der Waals surface area contributed by atoms with Gasteiger partial charge in [-0.05, 0) is 67.6 Å². The Morgan fingerprint density at radius 2 is 1.81 bits per heavy atom. The topological polar surface area (TPSA) is 85.7 Å². The molecule has 1 atom stereocenters. The van der Waals surface area contributed by atoms with Gasteiger partial charge in [0.1, 0.15) is 11.9 Å². The summed E-state index contributed by atoms with van der Waals surface area (Å²) in [5.41, 5.74) is 5.47. The fourth-order valence-electron chi connectivity index (χ4n) is 4.88. The van der Waals surface area contributed by atoms with Gasteiger partial charge in [-0.1, -0.05) is 18.2 Å². The van der Waals surface area contributed by atoms with Crippen molar-refractivity contribution in [2.75, 3.05) is 25.5 Å². The quantitative estimate of drug-likeness (QED) is 0.580. The van der Waals surface area contributed by atoms with Gasteiger partial charge in [0.05, 0.1) is 32.3 Å². The number of likely N-dealkylation sites (tertiary alicyclic amines) is 1. The van der Waals surface area contributed by atoms with Crippen molar-refractivity contribution in [1.82, 2.24) is 14.5 Å². The zero-order valence-electron chi connectivity index (χ0n) is 21.0. The highest BCUT2D eigenvalue weighted by molar-refractivity contribution is 5.95. The molecule has 8 heteroatoms. The van der Waals surface area contributed by atoms with Gasteiger partial charge in [-0.2, -0.15) is 0 Å². The molecule has 36 heavy (non-hydrogen) atoms. The Bertz CT molecular complexity index is 1260. The highest BCUT2D eigenvalue weighted by Crippen LogP contribution is 2.30. The molecule has 5 rings (SSSR count). The van der Waals surface area contributed by atoms with E-state index in [-0.39, 0.29) is 23.8 Å². The number of benzene rings is 2. The van der Waals surface area contributed by atoms with Crippen molar-refractivity contribution >= 4 is 17.5 Å². The van der Waals surface area contributed by atoms with Crippen LogP contribution in [0.25, 0.3) is 0 Å². The first-order valence-corrected chi connectivity index (χ1v) is 12.4. The number of aromatic nitrogens is 2. The van der Waals surface area contributed by atoms with Crippen LogP contribution in [0, 0.1) is 19.8 Å². The first-order valence-electron chi connectivity index (χ1n) is 12.4. The molecule has 1 unspecified atom stereocenters. The third-order valence-corrected chi connectivity index (χ3v) is 7.35. The fourth-order valence-corrected chi connectivity index (χ4v) is 4.88. The van der Waals surface area contributed by atoms with E-state index in [2.05, 4.69) is 17.2 Å². The van der Waals surface area contributed by atoms with Crippen molar-refractivity contribution < 1.29 is 19.1 Å². The van der Waals surface area contributed by atoms with Crippen molar-refractivity contribution in [2.24, 2.45) is 5.92 Å². The lowest BCUT2D eigenvalue weighted by atomic mass is 9.95. The van der Waals surface area contributed by atoms with E-state index in [0.717, 1.165) is 28.3 Å². The number of hydrogen-bond donors (Lipinski definition) is 1. The number of hydrogen-bond acceptors (Lipinski definition) is 5. The van der Waals surface area contributed by atoms with E-state index in [1.807, 2.05) is 54.0 Å². The lowest BCUT2D eigenvalue weighted by Crippen LogP contribution is -2.42. The van der Waals surface area contributed by atoms with Crippen molar-refractivity contribution in [1.29, 1.82) is 0 Å². The summed E-state index contributed by atoms with van der Waals surface area (Å²) in [5, 5.41) is 3.03. The number of piperidine rings is 1. The molecule has 0 aliphatic carbocycles. The van der Waals surface area contributed by atoms with Crippen LogP contribution < -0.4 is 10.1 Å². The van der Waals surface area contributed by atoms with Crippen molar-refractivity contribution in [3.63, 3.8) is 0 Å². The van der Waals surface area contributed by atoms with E-state index in [1.54, 1.807) is 18.3 Å². The Morgan fingerprint density at radius 1 is 1.06 bits per heavy atom. The summed E-state index contributed by atoms with van der Waals surface area (Å²) in [5.74, 6) is 0.614. The molecule has 8 nitrogen and oxygen atoms in total. The molecule has 1 aromatic heterocycles.